The Morgan fingerprint density at radius 1 is 0.580 bits per heavy atom. The van der Waals surface area contributed by atoms with Crippen LogP contribution in [0, 0.1) is 11.8 Å². The van der Waals surface area contributed by atoms with Crippen LogP contribution >= 0.6 is 0 Å². The van der Waals surface area contributed by atoms with E-state index >= 15 is 0 Å². The van der Waals surface area contributed by atoms with Crippen LogP contribution < -0.4 is 10.6 Å². The second-order valence-corrected chi connectivity index (χ2v) is 13.1. The number of likely N-dealkylation sites (N-methyl/N-ethyl adjacent to an activating group) is 2. The number of amides is 4. The number of benzene rings is 2. The molecule has 2 heterocycles. The first-order valence-corrected chi connectivity index (χ1v) is 16.4. The van der Waals surface area contributed by atoms with Gasteiger partial charge in [0, 0.05) is 37.6 Å². The summed E-state index contributed by atoms with van der Waals surface area (Å²) in [5.41, 5.74) is 5.22. The molecule has 2 aromatic carbocycles. The summed E-state index contributed by atoms with van der Waals surface area (Å²) < 4.78 is 0. The second-order valence-electron chi connectivity index (χ2n) is 13.1. The van der Waals surface area contributed by atoms with Gasteiger partial charge in [-0.05, 0) is 36.8 Å². The van der Waals surface area contributed by atoms with Crippen molar-refractivity contribution in [3.05, 3.63) is 72.6 Å². The molecule has 4 rings (SSSR count). The van der Waals surface area contributed by atoms with Crippen LogP contribution in [-0.2, 0) is 9.59 Å². The molecule has 4 amide bonds. The van der Waals surface area contributed by atoms with Gasteiger partial charge in [-0.15, -0.1) is 0 Å². The molecule has 2 aromatic heterocycles. The molecular weight excluding hydrogens is 640 g/mol. The Morgan fingerprint density at radius 2 is 0.880 bits per heavy atom. The molecule has 266 valence electrons. The largest absolute Gasteiger partial charge is 0.465 e. The molecule has 0 radical (unpaired) electrons. The fourth-order valence-corrected chi connectivity index (χ4v) is 5.29. The first-order valence-electron chi connectivity index (χ1n) is 16.4. The maximum atomic E-state index is 12.8. The summed E-state index contributed by atoms with van der Waals surface area (Å²) in [6, 6.07) is 13.4. The lowest BCUT2D eigenvalue weighted by Gasteiger charge is -2.26. The van der Waals surface area contributed by atoms with Crippen molar-refractivity contribution >= 4 is 24.0 Å². The summed E-state index contributed by atoms with van der Waals surface area (Å²) in [5.74, 6) is 0.344. The maximum absolute atomic E-state index is 12.8. The quantitative estimate of drug-likeness (QED) is 0.102. The molecule has 2 unspecified atom stereocenters. The third-order valence-corrected chi connectivity index (χ3v) is 8.93. The number of hydrogen-bond donors (Lipinski definition) is 6. The number of nitrogens with zero attached hydrogens (tertiary/aromatic N) is 4. The lowest BCUT2D eigenvalue weighted by atomic mass is 10.0. The van der Waals surface area contributed by atoms with Gasteiger partial charge in [0.05, 0.1) is 23.5 Å². The van der Waals surface area contributed by atoms with Crippen LogP contribution in [-0.4, -0.2) is 90.1 Å². The van der Waals surface area contributed by atoms with E-state index in [1.54, 1.807) is 12.4 Å². The zero-order valence-corrected chi connectivity index (χ0v) is 29.6. The fourth-order valence-electron chi connectivity index (χ4n) is 5.29. The van der Waals surface area contributed by atoms with Gasteiger partial charge in [-0.25, -0.2) is 19.6 Å². The number of rotatable bonds is 13. The molecule has 0 saturated heterocycles. The molecule has 6 N–H and O–H groups in total. The van der Waals surface area contributed by atoms with E-state index in [0.29, 0.717) is 23.0 Å². The molecule has 0 aliphatic rings. The van der Waals surface area contributed by atoms with Crippen LogP contribution in [0.25, 0.3) is 33.6 Å². The fraction of sp³-hybridized carbons (Fsp3) is 0.389. The van der Waals surface area contributed by atoms with Gasteiger partial charge in [-0.2, -0.15) is 0 Å². The van der Waals surface area contributed by atoms with Gasteiger partial charge in [0.15, 0.2) is 0 Å². The predicted molar refractivity (Wildman–Crippen MR) is 189 cm³/mol. The number of H-pyrrole nitrogens is 2. The van der Waals surface area contributed by atoms with Gasteiger partial charge >= 0.3 is 12.2 Å². The Hall–Kier alpha value is -5.66. The highest BCUT2D eigenvalue weighted by atomic mass is 16.4. The maximum Gasteiger partial charge on any atom is 0.407 e. The highest BCUT2D eigenvalue weighted by Crippen LogP contribution is 2.29. The van der Waals surface area contributed by atoms with Gasteiger partial charge in [0.2, 0.25) is 11.8 Å². The number of imidazole rings is 2. The summed E-state index contributed by atoms with van der Waals surface area (Å²) in [4.78, 5) is 65.9. The Morgan fingerprint density at radius 3 is 1.16 bits per heavy atom. The summed E-state index contributed by atoms with van der Waals surface area (Å²) in [5, 5.41) is 24.3. The van der Waals surface area contributed by atoms with Crippen LogP contribution in [0.5, 0.6) is 0 Å². The molecule has 4 aromatic rings. The number of nitrogens with one attached hydrogen (secondary N) is 4. The molecule has 50 heavy (non-hydrogen) atoms. The van der Waals surface area contributed by atoms with E-state index < -0.39 is 48.2 Å². The zero-order valence-electron chi connectivity index (χ0n) is 29.6. The minimum absolute atomic E-state index is 0.00209. The summed E-state index contributed by atoms with van der Waals surface area (Å²) in [6.07, 6.45) is 1.21. The second kappa shape index (κ2) is 15.7. The Kier molecular flexibility index (Phi) is 11.7. The van der Waals surface area contributed by atoms with Crippen molar-refractivity contribution in [2.75, 3.05) is 14.1 Å². The number of aromatic amines is 2. The SMILES string of the molecule is CC(C)[C@H](NC(=O)C(C)N(C)C(=O)O)c1nc(-c2ccc(-c3ccc(-c4c[nH]c([C@@H](NC(=O)C(C)N(C)C(=O)O)C(C)C)n4)cc3)cc2)c[nH]1. The van der Waals surface area contributed by atoms with Crippen molar-refractivity contribution in [3.63, 3.8) is 0 Å². The molecule has 0 bridgehead atoms. The molecule has 4 atom stereocenters. The van der Waals surface area contributed by atoms with Crippen LogP contribution in [0.3, 0.4) is 0 Å². The molecule has 14 nitrogen and oxygen atoms in total. The van der Waals surface area contributed by atoms with E-state index in [0.717, 1.165) is 32.1 Å². The van der Waals surface area contributed by atoms with E-state index in [-0.39, 0.29) is 11.8 Å². The highest BCUT2D eigenvalue weighted by molar-refractivity contribution is 5.85. The summed E-state index contributed by atoms with van der Waals surface area (Å²) >= 11 is 0. The van der Waals surface area contributed by atoms with E-state index in [9.17, 15) is 29.4 Å². The summed E-state index contributed by atoms with van der Waals surface area (Å²) in [7, 11) is 2.72. The van der Waals surface area contributed by atoms with Gasteiger partial charge in [0.25, 0.3) is 0 Å². The molecule has 0 fully saturated rings. The third kappa shape index (κ3) is 8.49. The molecule has 0 aliphatic heterocycles. The van der Waals surface area contributed by atoms with E-state index in [1.165, 1.54) is 27.9 Å². The Bertz CT molecular complexity index is 1670. The first kappa shape index (κ1) is 37.2. The van der Waals surface area contributed by atoms with E-state index in [4.69, 9.17) is 9.97 Å². The molecular formula is C36H46N8O6. The molecule has 0 aliphatic carbocycles. The lowest BCUT2D eigenvalue weighted by molar-refractivity contribution is -0.126. The van der Waals surface area contributed by atoms with Crippen LogP contribution in [0.4, 0.5) is 9.59 Å². The van der Waals surface area contributed by atoms with E-state index in [1.807, 2.05) is 76.2 Å². The van der Waals surface area contributed by atoms with Crippen LogP contribution in [0.2, 0.25) is 0 Å². The number of carbonyl (C=O) groups excluding carboxylic acids is 2. The highest BCUT2D eigenvalue weighted by Gasteiger charge is 2.29. The van der Waals surface area contributed by atoms with Crippen molar-refractivity contribution in [2.45, 2.75) is 65.7 Å². The number of hydrogen-bond acceptors (Lipinski definition) is 6. The third-order valence-electron chi connectivity index (χ3n) is 8.93. The topological polar surface area (TPSA) is 197 Å². The summed E-state index contributed by atoms with van der Waals surface area (Å²) in [6.45, 7) is 10.9. The Balaban J connectivity index is 1.44. The normalized spacial score (nSPS) is 13.7. The smallest absolute Gasteiger partial charge is 0.407 e. The van der Waals surface area contributed by atoms with Gasteiger partial charge in [-0.3, -0.25) is 19.4 Å². The number of aromatic nitrogens is 4. The lowest BCUT2D eigenvalue weighted by Crippen LogP contribution is -2.47. The van der Waals surface area contributed by atoms with Gasteiger partial charge < -0.3 is 30.8 Å². The minimum atomic E-state index is -1.18. The monoisotopic (exact) mass is 686 g/mol. The van der Waals surface area contributed by atoms with Crippen LogP contribution in [0.15, 0.2) is 60.9 Å². The average molecular weight is 687 g/mol. The van der Waals surface area contributed by atoms with Crippen molar-refractivity contribution < 1.29 is 29.4 Å². The average Bonchev–Trinajstić information content (AvgIpc) is 3.78. The van der Waals surface area contributed by atoms with Gasteiger partial charge in [-0.1, -0.05) is 76.2 Å². The zero-order chi connectivity index (χ0) is 36.9. The predicted octanol–water partition coefficient (Wildman–Crippen LogP) is 5.76. The number of carboxylic acid groups (broad SMARTS) is 2. The first-order chi connectivity index (χ1) is 23.6. The van der Waals surface area contributed by atoms with Crippen molar-refractivity contribution in [1.82, 2.24) is 40.4 Å². The standard InChI is InChI=1S/C36H46N8O6/c1-19(2)29(41-33(45)21(5)43(7)35(47)48)31-37-17-27(39-31)25-13-9-23(10-14-25)24-11-15-26(16-12-24)28-18-38-32(40-28)30(20(3)4)42-34(46)22(6)44(8)36(49)50/h9-22,29-30H,1-8H3,(H,37,39)(H,38,40)(H,41,45)(H,42,46)(H,47,48)(H,49,50)/t21?,22?,29-,30-/m0/s1. The van der Waals surface area contributed by atoms with Crippen molar-refractivity contribution in [2.24, 2.45) is 11.8 Å². The number of carbonyl (C=O) groups is 4. The van der Waals surface area contributed by atoms with Crippen molar-refractivity contribution in [3.8, 4) is 33.6 Å². The molecule has 0 spiro atoms. The minimum Gasteiger partial charge on any atom is -0.465 e. The molecule has 0 saturated carbocycles. The van der Waals surface area contributed by atoms with Gasteiger partial charge in [0.1, 0.15) is 23.7 Å². The van der Waals surface area contributed by atoms with Crippen molar-refractivity contribution in [1.29, 1.82) is 0 Å². The Labute approximate surface area is 291 Å². The van der Waals surface area contributed by atoms with Crippen LogP contribution in [0.1, 0.15) is 65.3 Å². The van der Waals surface area contributed by atoms with E-state index in [2.05, 4.69) is 20.6 Å². The molecule has 14 heteroatoms.